The van der Waals surface area contributed by atoms with Crippen molar-refractivity contribution in [1.82, 2.24) is 5.43 Å². The fourth-order valence-corrected chi connectivity index (χ4v) is 2.36. The molecule has 8 heteroatoms. The van der Waals surface area contributed by atoms with Gasteiger partial charge < -0.3 is 14.8 Å². The van der Waals surface area contributed by atoms with Gasteiger partial charge in [-0.1, -0.05) is 23.7 Å². The van der Waals surface area contributed by atoms with Crippen LogP contribution in [0.15, 0.2) is 47.6 Å². The van der Waals surface area contributed by atoms with Gasteiger partial charge in [-0.25, -0.2) is 5.43 Å². The van der Waals surface area contributed by atoms with Crippen molar-refractivity contribution in [2.75, 3.05) is 18.5 Å². The third-order valence-corrected chi connectivity index (χ3v) is 3.57. The van der Waals surface area contributed by atoms with Gasteiger partial charge in [0.15, 0.2) is 0 Å². The van der Waals surface area contributed by atoms with Crippen molar-refractivity contribution in [2.45, 2.75) is 13.8 Å². The number of nitrogens with one attached hydrogen (secondary N) is 2. The van der Waals surface area contributed by atoms with E-state index in [1.54, 1.807) is 42.5 Å². The number of para-hydroxylation sites is 2. The normalized spacial score (nSPS) is 10.5. The molecule has 0 spiro atoms. The number of ether oxygens (including phenoxy) is 2. The predicted octanol–water partition coefficient (Wildman–Crippen LogP) is 3.23. The van der Waals surface area contributed by atoms with Crippen LogP contribution in [0.1, 0.15) is 19.4 Å². The Bertz CT molecular complexity index is 839. The van der Waals surface area contributed by atoms with Crippen molar-refractivity contribution in [1.29, 1.82) is 0 Å². The number of halogens is 1. The summed E-state index contributed by atoms with van der Waals surface area (Å²) in [7, 11) is 0. The molecule has 0 saturated carbocycles. The summed E-state index contributed by atoms with van der Waals surface area (Å²) >= 11 is 6.08. The molecule has 27 heavy (non-hydrogen) atoms. The van der Waals surface area contributed by atoms with E-state index in [4.69, 9.17) is 21.1 Å². The monoisotopic (exact) mass is 389 g/mol. The van der Waals surface area contributed by atoms with Crippen LogP contribution in [-0.4, -0.2) is 31.2 Å². The van der Waals surface area contributed by atoms with Gasteiger partial charge in [-0.2, -0.15) is 5.10 Å². The fraction of sp³-hybridized carbons (Fsp3) is 0.211. The second-order valence-electron chi connectivity index (χ2n) is 5.21. The maximum atomic E-state index is 12.0. The van der Waals surface area contributed by atoms with Crippen molar-refractivity contribution in [3.63, 3.8) is 0 Å². The smallest absolute Gasteiger partial charge is 0.329 e. The molecule has 0 fully saturated rings. The van der Waals surface area contributed by atoms with Gasteiger partial charge in [0.05, 0.1) is 30.1 Å². The summed E-state index contributed by atoms with van der Waals surface area (Å²) in [5, 5.41) is 6.68. The van der Waals surface area contributed by atoms with Gasteiger partial charge in [0.2, 0.25) is 0 Å². The average molecular weight is 390 g/mol. The van der Waals surface area contributed by atoms with Gasteiger partial charge in [-0.15, -0.1) is 0 Å². The fourth-order valence-electron chi connectivity index (χ4n) is 2.12. The third-order valence-electron chi connectivity index (χ3n) is 3.28. The Balaban J connectivity index is 1.94. The molecule has 2 amide bonds. The molecule has 7 nitrogen and oxygen atoms in total. The van der Waals surface area contributed by atoms with E-state index in [1.807, 2.05) is 13.8 Å². The first-order valence-electron chi connectivity index (χ1n) is 8.33. The number of nitrogens with zero attached hydrogens (tertiary/aromatic N) is 1. The van der Waals surface area contributed by atoms with Crippen LogP contribution < -0.4 is 20.2 Å². The maximum Gasteiger partial charge on any atom is 0.329 e. The van der Waals surface area contributed by atoms with E-state index in [2.05, 4.69) is 15.8 Å². The minimum Gasteiger partial charge on any atom is -0.492 e. The van der Waals surface area contributed by atoms with E-state index < -0.39 is 11.8 Å². The zero-order chi connectivity index (χ0) is 19.6. The van der Waals surface area contributed by atoms with Crippen LogP contribution in [0.4, 0.5) is 5.69 Å². The lowest BCUT2D eigenvalue weighted by molar-refractivity contribution is -0.136. The minimum absolute atomic E-state index is 0.404. The molecular formula is C19H20ClN3O4. The number of hydrogen-bond donors (Lipinski definition) is 2. The summed E-state index contributed by atoms with van der Waals surface area (Å²) in [5.41, 5.74) is 3.21. The van der Waals surface area contributed by atoms with Crippen molar-refractivity contribution in [2.24, 2.45) is 5.10 Å². The molecule has 0 aliphatic rings. The highest BCUT2D eigenvalue weighted by Gasteiger charge is 2.15. The summed E-state index contributed by atoms with van der Waals surface area (Å²) < 4.78 is 10.7. The van der Waals surface area contributed by atoms with Crippen LogP contribution in [0.25, 0.3) is 0 Å². The van der Waals surface area contributed by atoms with E-state index in [-0.39, 0.29) is 0 Å². The number of amides is 2. The van der Waals surface area contributed by atoms with Gasteiger partial charge in [-0.05, 0) is 49.7 Å². The lowest BCUT2D eigenvalue weighted by atomic mass is 10.2. The Kier molecular flexibility index (Phi) is 7.63. The quantitative estimate of drug-likeness (QED) is 0.432. The minimum atomic E-state index is -0.908. The van der Waals surface area contributed by atoms with E-state index in [0.717, 1.165) is 0 Å². The Morgan fingerprint density at radius 2 is 1.74 bits per heavy atom. The summed E-state index contributed by atoms with van der Waals surface area (Å²) in [6.45, 7) is 4.63. The second kappa shape index (κ2) is 10.2. The summed E-state index contributed by atoms with van der Waals surface area (Å²) in [6.07, 6.45) is 1.38. The van der Waals surface area contributed by atoms with Crippen LogP contribution in [0.5, 0.6) is 11.5 Å². The van der Waals surface area contributed by atoms with E-state index in [9.17, 15) is 9.59 Å². The number of anilines is 1. The zero-order valence-corrected chi connectivity index (χ0v) is 15.7. The molecule has 0 saturated heterocycles. The molecule has 0 bridgehead atoms. The first-order valence-corrected chi connectivity index (χ1v) is 8.71. The van der Waals surface area contributed by atoms with Crippen molar-refractivity contribution >= 4 is 35.3 Å². The Labute approximate surface area is 162 Å². The zero-order valence-electron chi connectivity index (χ0n) is 15.0. The molecule has 0 heterocycles. The van der Waals surface area contributed by atoms with Gasteiger partial charge in [0, 0.05) is 0 Å². The van der Waals surface area contributed by atoms with Crippen molar-refractivity contribution in [3.8, 4) is 11.5 Å². The highest BCUT2D eigenvalue weighted by atomic mass is 35.5. The Hall–Kier alpha value is -3.06. The summed E-state index contributed by atoms with van der Waals surface area (Å²) in [5.74, 6) is -0.722. The number of hydrazone groups is 1. The van der Waals surface area contributed by atoms with Gasteiger partial charge in [0.1, 0.15) is 11.5 Å². The topological polar surface area (TPSA) is 89.0 Å². The molecule has 142 valence electrons. The summed E-state index contributed by atoms with van der Waals surface area (Å²) in [4.78, 5) is 23.9. The van der Waals surface area contributed by atoms with E-state index in [1.165, 1.54) is 6.21 Å². The standard InChI is InChI=1S/C19H20ClN3O4/c1-3-26-16-10-9-13(11-14(16)20)12-21-23-19(25)18(24)22-15-7-5-6-8-17(15)27-4-2/h5-12H,3-4H2,1-2H3,(H,22,24)(H,23,25)/b21-12-. The second-order valence-corrected chi connectivity index (χ2v) is 5.61. The average Bonchev–Trinajstić information content (AvgIpc) is 2.65. The van der Waals surface area contributed by atoms with Crippen LogP contribution in [0.3, 0.4) is 0 Å². The molecule has 2 aromatic rings. The SMILES string of the molecule is CCOc1ccc(/C=N\NC(=O)C(=O)Nc2ccccc2OCC)cc1Cl. The van der Waals surface area contributed by atoms with Crippen LogP contribution in [0, 0.1) is 0 Å². The molecule has 0 aliphatic heterocycles. The maximum absolute atomic E-state index is 12.0. The number of hydrogen-bond acceptors (Lipinski definition) is 5. The molecule has 0 aromatic heterocycles. The first kappa shape index (κ1) is 20.3. The molecule has 2 rings (SSSR count). The van der Waals surface area contributed by atoms with Gasteiger partial charge in [0.25, 0.3) is 0 Å². The lowest BCUT2D eigenvalue weighted by Gasteiger charge is -2.10. The molecule has 0 atom stereocenters. The Morgan fingerprint density at radius 1 is 1.04 bits per heavy atom. The van der Waals surface area contributed by atoms with E-state index >= 15 is 0 Å². The van der Waals surface area contributed by atoms with Crippen molar-refractivity contribution < 1.29 is 19.1 Å². The third kappa shape index (κ3) is 6.00. The predicted molar refractivity (Wildman–Crippen MR) is 105 cm³/mol. The molecule has 2 aromatic carbocycles. The largest absolute Gasteiger partial charge is 0.492 e. The van der Waals surface area contributed by atoms with Crippen LogP contribution in [-0.2, 0) is 9.59 Å². The lowest BCUT2D eigenvalue weighted by Crippen LogP contribution is -2.32. The van der Waals surface area contributed by atoms with Crippen LogP contribution in [0.2, 0.25) is 5.02 Å². The Morgan fingerprint density at radius 3 is 2.44 bits per heavy atom. The highest BCUT2D eigenvalue weighted by molar-refractivity contribution is 6.39. The van der Waals surface area contributed by atoms with Gasteiger partial charge >= 0.3 is 11.8 Å². The van der Waals surface area contributed by atoms with Gasteiger partial charge in [-0.3, -0.25) is 9.59 Å². The van der Waals surface area contributed by atoms with E-state index in [0.29, 0.717) is 41.0 Å². The van der Waals surface area contributed by atoms with Crippen LogP contribution >= 0.6 is 11.6 Å². The molecule has 0 radical (unpaired) electrons. The number of benzene rings is 2. The molecule has 0 aliphatic carbocycles. The molecular weight excluding hydrogens is 370 g/mol. The summed E-state index contributed by atoms with van der Waals surface area (Å²) in [6, 6.07) is 11.9. The molecule has 2 N–H and O–H groups in total. The number of carbonyl (C=O) groups excluding carboxylic acids is 2. The number of rotatable bonds is 7. The first-order chi connectivity index (χ1) is 13.0. The molecule has 0 unspecified atom stereocenters. The number of carbonyl (C=O) groups is 2. The highest BCUT2D eigenvalue weighted by Crippen LogP contribution is 2.25. The van der Waals surface area contributed by atoms with Crippen molar-refractivity contribution in [3.05, 3.63) is 53.1 Å².